The second kappa shape index (κ2) is 10.7. The molecule has 1 atom stereocenters. The Hall–Kier alpha value is -2.20. The van der Waals surface area contributed by atoms with Gasteiger partial charge in [0, 0.05) is 12.3 Å². The molecular formula is C25H33ClO4. The lowest BCUT2D eigenvalue weighted by molar-refractivity contribution is -0.146. The van der Waals surface area contributed by atoms with Gasteiger partial charge in [0.1, 0.15) is 24.2 Å². The van der Waals surface area contributed by atoms with E-state index < -0.39 is 6.10 Å². The van der Waals surface area contributed by atoms with Crippen LogP contribution in [0.1, 0.15) is 56.4 Å². The smallest absolute Gasteiger partial charge is 0.303 e. The second-order valence-corrected chi connectivity index (χ2v) is 8.44. The molecule has 5 heteroatoms. The standard InChI is InChI=1S/C25H33ClO4/c1-7-12-28-23-10-8-20(13-17(23)2)25(5,6)21-9-11-24(18(3)14-21)29-16-22(15-26)30-19(4)27/h8-11,13-14,22H,7,12,15-16H2,1-6H3/t22-/m1/s1. The normalized spacial score (nSPS) is 12.4. The molecule has 4 nitrogen and oxygen atoms in total. The van der Waals surface area contributed by atoms with Crippen LogP contribution < -0.4 is 9.47 Å². The van der Waals surface area contributed by atoms with Crippen molar-refractivity contribution in [3.8, 4) is 11.5 Å². The Balaban J connectivity index is 2.17. The number of carbonyl (C=O) groups excluding carboxylic acids is 1. The van der Waals surface area contributed by atoms with E-state index in [0.717, 1.165) is 35.7 Å². The van der Waals surface area contributed by atoms with Gasteiger partial charge in [-0.1, -0.05) is 45.0 Å². The SMILES string of the molecule is CCCOc1ccc(C(C)(C)c2ccc(OC[C@@H](CCl)OC(C)=O)c(C)c2)cc1C. The van der Waals surface area contributed by atoms with Gasteiger partial charge in [0.15, 0.2) is 0 Å². The number of benzene rings is 2. The minimum atomic E-state index is -0.462. The van der Waals surface area contributed by atoms with Crippen molar-refractivity contribution in [1.82, 2.24) is 0 Å². The molecule has 2 aromatic rings. The summed E-state index contributed by atoms with van der Waals surface area (Å²) in [6.07, 6.45) is 0.531. The predicted octanol–water partition coefficient (Wildman–Crippen LogP) is 5.97. The molecule has 0 heterocycles. The van der Waals surface area contributed by atoms with Crippen molar-refractivity contribution in [3.63, 3.8) is 0 Å². The van der Waals surface area contributed by atoms with E-state index >= 15 is 0 Å². The maximum atomic E-state index is 11.1. The summed E-state index contributed by atoms with van der Waals surface area (Å²) in [7, 11) is 0. The summed E-state index contributed by atoms with van der Waals surface area (Å²) in [5, 5.41) is 0. The van der Waals surface area contributed by atoms with E-state index in [4.69, 9.17) is 25.8 Å². The van der Waals surface area contributed by atoms with Crippen LogP contribution in [0, 0.1) is 13.8 Å². The summed E-state index contributed by atoms with van der Waals surface area (Å²) in [6, 6.07) is 12.6. The average molecular weight is 433 g/mol. The maximum Gasteiger partial charge on any atom is 0.303 e. The molecule has 0 spiro atoms. The topological polar surface area (TPSA) is 44.8 Å². The van der Waals surface area contributed by atoms with Crippen LogP contribution in [0.2, 0.25) is 0 Å². The van der Waals surface area contributed by atoms with Gasteiger partial charge in [0.05, 0.1) is 12.5 Å². The molecular weight excluding hydrogens is 400 g/mol. The molecule has 164 valence electrons. The number of hydrogen-bond acceptors (Lipinski definition) is 4. The minimum absolute atomic E-state index is 0.173. The Morgan fingerprint density at radius 2 is 1.53 bits per heavy atom. The van der Waals surface area contributed by atoms with Crippen LogP contribution in [0.25, 0.3) is 0 Å². The van der Waals surface area contributed by atoms with Gasteiger partial charge in [-0.05, 0) is 54.7 Å². The summed E-state index contributed by atoms with van der Waals surface area (Å²) in [5.74, 6) is 1.54. The Labute approximate surface area is 185 Å². The van der Waals surface area contributed by atoms with Gasteiger partial charge in [0.2, 0.25) is 0 Å². The molecule has 2 rings (SSSR count). The molecule has 0 aromatic heterocycles. The Bertz CT molecular complexity index is 860. The molecule has 30 heavy (non-hydrogen) atoms. The number of hydrogen-bond donors (Lipinski definition) is 0. The van der Waals surface area contributed by atoms with Gasteiger partial charge in [-0.3, -0.25) is 4.79 Å². The highest BCUT2D eigenvalue weighted by atomic mass is 35.5. The molecule has 0 N–H and O–H groups in total. The third kappa shape index (κ3) is 6.15. The van der Waals surface area contributed by atoms with Gasteiger partial charge < -0.3 is 14.2 Å². The van der Waals surface area contributed by atoms with E-state index in [1.807, 2.05) is 13.0 Å². The predicted molar refractivity (Wildman–Crippen MR) is 122 cm³/mol. The van der Waals surface area contributed by atoms with Gasteiger partial charge in [0.25, 0.3) is 0 Å². The number of carbonyl (C=O) groups is 1. The first-order valence-electron chi connectivity index (χ1n) is 10.4. The number of aryl methyl sites for hydroxylation is 2. The summed E-state index contributed by atoms with van der Waals surface area (Å²) in [6.45, 7) is 13.0. The van der Waals surface area contributed by atoms with E-state index in [1.54, 1.807) is 0 Å². The Morgan fingerprint density at radius 1 is 1.00 bits per heavy atom. The fraction of sp³-hybridized carbons (Fsp3) is 0.480. The molecule has 0 bridgehead atoms. The van der Waals surface area contributed by atoms with Crippen molar-refractivity contribution >= 4 is 17.6 Å². The molecule has 0 aliphatic rings. The van der Waals surface area contributed by atoms with E-state index in [2.05, 4.69) is 58.0 Å². The van der Waals surface area contributed by atoms with Gasteiger partial charge in [-0.25, -0.2) is 0 Å². The van der Waals surface area contributed by atoms with Crippen LogP contribution in [-0.4, -0.2) is 31.2 Å². The lowest BCUT2D eigenvalue weighted by Crippen LogP contribution is -2.26. The Kier molecular flexibility index (Phi) is 8.60. The van der Waals surface area contributed by atoms with Crippen LogP contribution in [0.15, 0.2) is 36.4 Å². The Morgan fingerprint density at radius 3 is 1.97 bits per heavy atom. The first kappa shape index (κ1) is 24.1. The number of esters is 1. The molecule has 0 radical (unpaired) electrons. The summed E-state index contributed by atoms with van der Waals surface area (Å²) in [4.78, 5) is 11.1. The molecule has 2 aromatic carbocycles. The van der Waals surface area contributed by atoms with Crippen molar-refractivity contribution in [2.45, 2.75) is 59.5 Å². The van der Waals surface area contributed by atoms with Crippen LogP contribution in [0.4, 0.5) is 0 Å². The summed E-state index contributed by atoms with van der Waals surface area (Å²) in [5.41, 5.74) is 4.42. The number of halogens is 1. The largest absolute Gasteiger partial charge is 0.493 e. The van der Waals surface area contributed by atoms with Gasteiger partial charge >= 0.3 is 5.97 Å². The number of ether oxygens (including phenoxy) is 3. The van der Waals surface area contributed by atoms with E-state index in [1.165, 1.54) is 18.1 Å². The molecule has 0 aliphatic carbocycles. The van der Waals surface area contributed by atoms with Crippen molar-refractivity contribution in [1.29, 1.82) is 0 Å². The van der Waals surface area contributed by atoms with Crippen molar-refractivity contribution in [2.75, 3.05) is 19.1 Å². The van der Waals surface area contributed by atoms with Crippen LogP contribution in [-0.2, 0) is 14.9 Å². The quantitative estimate of drug-likeness (QED) is 0.343. The third-order valence-electron chi connectivity index (χ3n) is 5.18. The van der Waals surface area contributed by atoms with Gasteiger partial charge in [-0.15, -0.1) is 11.6 Å². The highest BCUT2D eigenvalue weighted by Crippen LogP contribution is 2.36. The van der Waals surface area contributed by atoms with E-state index in [9.17, 15) is 4.79 Å². The highest BCUT2D eigenvalue weighted by molar-refractivity contribution is 6.18. The summed E-state index contributed by atoms with van der Waals surface area (Å²) < 4.78 is 16.8. The van der Waals surface area contributed by atoms with Crippen molar-refractivity contribution < 1.29 is 19.0 Å². The first-order valence-corrected chi connectivity index (χ1v) is 10.9. The first-order chi connectivity index (χ1) is 14.2. The number of alkyl halides is 1. The van der Waals surface area contributed by atoms with Crippen molar-refractivity contribution in [2.24, 2.45) is 0 Å². The molecule has 0 fully saturated rings. The zero-order valence-corrected chi connectivity index (χ0v) is 19.6. The molecule has 0 saturated heterocycles. The third-order valence-corrected chi connectivity index (χ3v) is 5.53. The lowest BCUT2D eigenvalue weighted by atomic mass is 9.77. The molecule has 0 unspecified atom stereocenters. The monoisotopic (exact) mass is 432 g/mol. The number of rotatable bonds is 10. The van der Waals surface area contributed by atoms with Gasteiger partial charge in [-0.2, -0.15) is 0 Å². The van der Waals surface area contributed by atoms with Crippen LogP contribution in [0.5, 0.6) is 11.5 Å². The lowest BCUT2D eigenvalue weighted by Gasteiger charge is -2.28. The zero-order chi connectivity index (χ0) is 22.3. The average Bonchev–Trinajstić information content (AvgIpc) is 2.70. The molecule has 0 saturated carbocycles. The van der Waals surface area contributed by atoms with Crippen molar-refractivity contribution in [3.05, 3.63) is 58.7 Å². The fourth-order valence-electron chi connectivity index (χ4n) is 3.31. The second-order valence-electron chi connectivity index (χ2n) is 8.13. The van der Waals surface area contributed by atoms with E-state index in [-0.39, 0.29) is 23.9 Å². The van der Waals surface area contributed by atoms with Crippen LogP contribution >= 0.6 is 11.6 Å². The van der Waals surface area contributed by atoms with Crippen LogP contribution in [0.3, 0.4) is 0 Å². The molecule has 0 amide bonds. The molecule has 0 aliphatic heterocycles. The zero-order valence-electron chi connectivity index (χ0n) is 18.9. The maximum absolute atomic E-state index is 11.1. The minimum Gasteiger partial charge on any atom is -0.493 e. The summed E-state index contributed by atoms with van der Waals surface area (Å²) >= 11 is 5.86. The van der Waals surface area contributed by atoms with E-state index in [0.29, 0.717) is 0 Å². The highest BCUT2D eigenvalue weighted by Gasteiger charge is 2.25. The fourth-order valence-corrected chi connectivity index (χ4v) is 3.46.